The molecule has 16 heavy (non-hydrogen) atoms. The Kier molecular flexibility index (Phi) is 6.62. The first-order valence-corrected chi connectivity index (χ1v) is 6.29. The highest BCUT2D eigenvalue weighted by Gasteiger charge is 1.99. The van der Waals surface area contributed by atoms with Crippen molar-refractivity contribution in [3.05, 3.63) is 28.2 Å². The Bertz CT molecular complexity index is 318. The highest BCUT2D eigenvalue weighted by molar-refractivity contribution is 6.35. The maximum absolute atomic E-state index is 8.62. The number of hydrogen-bond acceptors (Lipinski definition) is 2. The highest BCUT2D eigenvalue weighted by atomic mass is 35.5. The Hall–Kier alpha value is -0.440. The van der Waals surface area contributed by atoms with Gasteiger partial charge in [0.15, 0.2) is 0 Å². The number of nitrogens with one attached hydrogen (secondary N) is 1. The van der Waals surface area contributed by atoms with Crippen molar-refractivity contribution < 1.29 is 5.11 Å². The molecule has 0 heterocycles. The normalized spacial score (nSPS) is 10.4. The first kappa shape index (κ1) is 13.6. The molecular weight excluding hydrogens is 245 g/mol. The third-order valence-corrected chi connectivity index (χ3v) is 2.89. The van der Waals surface area contributed by atoms with Gasteiger partial charge in [-0.3, -0.25) is 0 Å². The van der Waals surface area contributed by atoms with Crippen LogP contribution in [0.5, 0.6) is 0 Å². The van der Waals surface area contributed by atoms with Crippen molar-refractivity contribution in [3.63, 3.8) is 0 Å². The van der Waals surface area contributed by atoms with Crippen molar-refractivity contribution in [1.82, 2.24) is 0 Å². The van der Waals surface area contributed by atoms with E-state index < -0.39 is 0 Å². The first-order valence-electron chi connectivity index (χ1n) is 5.54. The Morgan fingerprint density at radius 2 is 1.81 bits per heavy atom. The van der Waals surface area contributed by atoms with Crippen LogP contribution in [0.15, 0.2) is 18.2 Å². The van der Waals surface area contributed by atoms with Crippen LogP contribution in [0.1, 0.15) is 25.7 Å². The van der Waals surface area contributed by atoms with Crippen LogP contribution in [0.25, 0.3) is 0 Å². The van der Waals surface area contributed by atoms with Gasteiger partial charge in [-0.1, -0.05) is 36.0 Å². The number of anilines is 1. The zero-order valence-corrected chi connectivity index (χ0v) is 10.7. The van der Waals surface area contributed by atoms with Crippen LogP contribution in [-0.4, -0.2) is 18.3 Å². The summed E-state index contributed by atoms with van der Waals surface area (Å²) in [6.07, 6.45) is 4.15. The van der Waals surface area contributed by atoms with Crippen LogP contribution < -0.4 is 5.32 Å². The third-order valence-electron chi connectivity index (χ3n) is 2.33. The van der Waals surface area contributed by atoms with Gasteiger partial charge in [0.05, 0.1) is 10.7 Å². The van der Waals surface area contributed by atoms with E-state index in [9.17, 15) is 0 Å². The zero-order valence-electron chi connectivity index (χ0n) is 9.18. The van der Waals surface area contributed by atoms with Crippen LogP contribution in [0, 0.1) is 0 Å². The standard InChI is InChI=1S/C12H17Cl2NO/c13-10-5-6-11(14)12(9-10)15-7-3-1-2-4-8-16/h5-6,9,15-16H,1-4,7-8H2. The predicted octanol–water partition coefficient (Wildman–Crippen LogP) is 3.96. The fraction of sp³-hybridized carbons (Fsp3) is 0.500. The molecule has 1 aromatic rings. The van der Waals surface area contributed by atoms with Gasteiger partial charge in [-0.25, -0.2) is 0 Å². The molecule has 4 heteroatoms. The third kappa shape index (κ3) is 5.06. The largest absolute Gasteiger partial charge is 0.396 e. The lowest BCUT2D eigenvalue weighted by molar-refractivity contribution is 0.283. The number of halogens is 2. The minimum atomic E-state index is 0.285. The fourth-order valence-electron chi connectivity index (χ4n) is 1.45. The average Bonchev–Trinajstić information content (AvgIpc) is 2.28. The molecule has 0 radical (unpaired) electrons. The summed E-state index contributed by atoms with van der Waals surface area (Å²) >= 11 is 11.9. The zero-order chi connectivity index (χ0) is 11.8. The van der Waals surface area contributed by atoms with E-state index in [1.165, 1.54) is 0 Å². The molecule has 0 spiro atoms. The summed E-state index contributed by atoms with van der Waals surface area (Å²) in [5.74, 6) is 0. The topological polar surface area (TPSA) is 32.3 Å². The maximum Gasteiger partial charge on any atom is 0.0638 e. The molecule has 2 nitrogen and oxygen atoms in total. The summed E-state index contributed by atoms with van der Waals surface area (Å²) in [6.45, 7) is 1.17. The van der Waals surface area contributed by atoms with Crippen LogP contribution in [-0.2, 0) is 0 Å². The van der Waals surface area contributed by atoms with Gasteiger partial charge in [-0.2, -0.15) is 0 Å². The van der Waals surface area contributed by atoms with Gasteiger partial charge < -0.3 is 10.4 Å². The SMILES string of the molecule is OCCCCCCNc1cc(Cl)ccc1Cl. The smallest absolute Gasteiger partial charge is 0.0638 e. The molecule has 0 saturated carbocycles. The molecule has 0 saturated heterocycles. The lowest BCUT2D eigenvalue weighted by Gasteiger charge is -2.08. The number of unbranched alkanes of at least 4 members (excludes halogenated alkanes) is 3. The molecule has 0 aromatic heterocycles. The van der Waals surface area contributed by atoms with Crippen LogP contribution in [0.2, 0.25) is 10.0 Å². The predicted molar refractivity (Wildman–Crippen MR) is 70.5 cm³/mol. The minimum Gasteiger partial charge on any atom is -0.396 e. The lowest BCUT2D eigenvalue weighted by atomic mass is 10.2. The summed E-state index contributed by atoms with van der Waals surface area (Å²) in [5.41, 5.74) is 0.885. The maximum atomic E-state index is 8.62. The summed E-state index contributed by atoms with van der Waals surface area (Å²) in [7, 11) is 0. The number of benzene rings is 1. The van der Waals surface area contributed by atoms with E-state index in [1.807, 2.05) is 6.07 Å². The van der Waals surface area contributed by atoms with E-state index in [4.69, 9.17) is 28.3 Å². The van der Waals surface area contributed by atoms with E-state index >= 15 is 0 Å². The van der Waals surface area contributed by atoms with Gasteiger partial charge in [-0.15, -0.1) is 0 Å². The molecule has 1 rings (SSSR count). The lowest BCUT2D eigenvalue weighted by Crippen LogP contribution is -2.02. The van der Waals surface area contributed by atoms with Gasteiger partial charge >= 0.3 is 0 Å². The number of aliphatic hydroxyl groups is 1. The second kappa shape index (κ2) is 7.77. The fourth-order valence-corrected chi connectivity index (χ4v) is 1.80. The molecule has 0 atom stereocenters. The Balaban J connectivity index is 2.23. The van der Waals surface area contributed by atoms with Gasteiger partial charge in [0.1, 0.15) is 0 Å². The molecule has 0 aliphatic rings. The number of aliphatic hydroxyl groups excluding tert-OH is 1. The van der Waals surface area contributed by atoms with Gasteiger partial charge in [0.2, 0.25) is 0 Å². The van der Waals surface area contributed by atoms with E-state index in [2.05, 4.69) is 5.32 Å². The second-order valence-corrected chi connectivity index (χ2v) is 4.53. The van der Waals surface area contributed by atoms with Gasteiger partial charge in [0.25, 0.3) is 0 Å². The number of rotatable bonds is 7. The molecular formula is C12H17Cl2NO. The summed E-state index contributed by atoms with van der Waals surface area (Å²) < 4.78 is 0. The van der Waals surface area contributed by atoms with E-state index in [0.29, 0.717) is 10.0 Å². The minimum absolute atomic E-state index is 0.285. The average molecular weight is 262 g/mol. The van der Waals surface area contributed by atoms with Crippen molar-refractivity contribution in [1.29, 1.82) is 0 Å². The quantitative estimate of drug-likeness (QED) is 0.729. The van der Waals surface area contributed by atoms with Crippen molar-refractivity contribution in [2.45, 2.75) is 25.7 Å². The van der Waals surface area contributed by atoms with Crippen LogP contribution >= 0.6 is 23.2 Å². The summed E-state index contributed by atoms with van der Waals surface area (Å²) in [4.78, 5) is 0. The van der Waals surface area contributed by atoms with Crippen LogP contribution in [0.3, 0.4) is 0 Å². The molecule has 0 aliphatic carbocycles. The van der Waals surface area contributed by atoms with E-state index in [-0.39, 0.29) is 6.61 Å². The Labute approximate surface area is 107 Å². The van der Waals surface area contributed by atoms with Crippen molar-refractivity contribution in [3.8, 4) is 0 Å². The molecule has 0 fully saturated rings. The molecule has 0 unspecified atom stereocenters. The Morgan fingerprint density at radius 3 is 2.56 bits per heavy atom. The van der Waals surface area contributed by atoms with Crippen molar-refractivity contribution >= 4 is 28.9 Å². The molecule has 0 amide bonds. The molecule has 0 aliphatic heterocycles. The molecule has 0 bridgehead atoms. The Morgan fingerprint density at radius 1 is 1.06 bits per heavy atom. The molecule has 1 aromatic carbocycles. The first-order chi connectivity index (χ1) is 7.74. The molecule has 90 valence electrons. The van der Waals surface area contributed by atoms with Gasteiger partial charge in [-0.05, 0) is 31.0 Å². The van der Waals surface area contributed by atoms with Crippen molar-refractivity contribution in [2.75, 3.05) is 18.5 Å². The summed E-state index contributed by atoms with van der Waals surface area (Å²) in [6, 6.07) is 5.39. The number of hydrogen-bond donors (Lipinski definition) is 2. The van der Waals surface area contributed by atoms with Crippen LogP contribution in [0.4, 0.5) is 5.69 Å². The van der Waals surface area contributed by atoms with E-state index in [0.717, 1.165) is 37.9 Å². The van der Waals surface area contributed by atoms with Crippen molar-refractivity contribution in [2.24, 2.45) is 0 Å². The van der Waals surface area contributed by atoms with E-state index in [1.54, 1.807) is 12.1 Å². The van der Waals surface area contributed by atoms with Gasteiger partial charge in [0, 0.05) is 18.2 Å². The summed E-state index contributed by atoms with van der Waals surface area (Å²) in [5, 5.41) is 13.3. The second-order valence-electron chi connectivity index (χ2n) is 3.69. The molecule has 2 N–H and O–H groups in total. The monoisotopic (exact) mass is 261 g/mol. The highest BCUT2D eigenvalue weighted by Crippen LogP contribution is 2.25.